The first-order chi connectivity index (χ1) is 8.31. The molecule has 17 heavy (non-hydrogen) atoms. The van der Waals surface area contributed by atoms with E-state index >= 15 is 0 Å². The molecule has 0 spiro atoms. The van der Waals surface area contributed by atoms with Gasteiger partial charge in [-0.25, -0.2) is 0 Å². The zero-order chi connectivity index (χ0) is 12.1. The summed E-state index contributed by atoms with van der Waals surface area (Å²) in [5.74, 6) is 0.891. The number of aryl methyl sites for hydroxylation is 2. The normalized spacial score (nSPS) is 10.5. The maximum absolute atomic E-state index is 5.50. The third-order valence-corrected chi connectivity index (χ3v) is 3.45. The van der Waals surface area contributed by atoms with Crippen molar-refractivity contribution < 1.29 is 4.74 Å². The predicted molar refractivity (Wildman–Crippen MR) is 68.2 cm³/mol. The molecule has 1 aromatic carbocycles. The predicted octanol–water partition coefficient (Wildman–Crippen LogP) is 1.79. The van der Waals surface area contributed by atoms with Crippen molar-refractivity contribution in [1.82, 2.24) is 10.2 Å². The molecular weight excluding hydrogens is 234 g/mol. The van der Waals surface area contributed by atoms with E-state index in [-0.39, 0.29) is 0 Å². The van der Waals surface area contributed by atoms with E-state index in [9.17, 15) is 0 Å². The number of nitrogens with two attached hydrogens (primary N) is 1. The van der Waals surface area contributed by atoms with Crippen molar-refractivity contribution >= 4 is 11.3 Å². The first kappa shape index (κ1) is 12.0. The molecule has 2 N–H and O–H groups in total. The molecule has 1 heterocycles. The van der Waals surface area contributed by atoms with Gasteiger partial charge in [-0.1, -0.05) is 12.1 Å². The van der Waals surface area contributed by atoms with Crippen LogP contribution in [0, 0.1) is 0 Å². The fourth-order valence-corrected chi connectivity index (χ4v) is 2.27. The summed E-state index contributed by atoms with van der Waals surface area (Å²) in [5.41, 5.74) is 6.74. The lowest BCUT2D eigenvalue weighted by Crippen LogP contribution is -1.94. The summed E-state index contributed by atoms with van der Waals surface area (Å²) in [6, 6.07) is 8.08. The maximum atomic E-state index is 5.50. The molecule has 0 amide bonds. The Balaban J connectivity index is 1.96. The molecule has 0 aliphatic heterocycles. The fourth-order valence-electron chi connectivity index (χ4n) is 1.55. The SMILES string of the molecule is COc1cccc(CCc2nnc(CN)s2)c1. The van der Waals surface area contributed by atoms with Gasteiger partial charge in [0.25, 0.3) is 0 Å². The van der Waals surface area contributed by atoms with Crippen LogP contribution in [0.4, 0.5) is 0 Å². The van der Waals surface area contributed by atoms with Gasteiger partial charge >= 0.3 is 0 Å². The summed E-state index contributed by atoms with van der Waals surface area (Å²) in [7, 11) is 1.68. The number of ether oxygens (including phenoxy) is 1. The van der Waals surface area contributed by atoms with Gasteiger partial charge in [0.05, 0.1) is 7.11 Å². The molecule has 2 rings (SSSR count). The second-order valence-corrected chi connectivity index (χ2v) is 4.79. The lowest BCUT2D eigenvalue weighted by molar-refractivity contribution is 0.414. The average molecular weight is 249 g/mol. The summed E-state index contributed by atoms with van der Waals surface area (Å²) >= 11 is 1.58. The summed E-state index contributed by atoms with van der Waals surface area (Å²) in [6.45, 7) is 0.469. The van der Waals surface area contributed by atoms with Crippen LogP contribution in [0.25, 0.3) is 0 Å². The molecule has 0 aliphatic rings. The summed E-state index contributed by atoms with van der Waals surface area (Å²) in [4.78, 5) is 0. The molecule has 0 fully saturated rings. The Morgan fingerprint density at radius 3 is 2.76 bits per heavy atom. The van der Waals surface area contributed by atoms with Crippen molar-refractivity contribution in [3.8, 4) is 5.75 Å². The molecule has 0 saturated heterocycles. The number of benzene rings is 1. The van der Waals surface area contributed by atoms with Crippen LogP contribution in [0.2, 0.25) is 0 Å². The van der Waals surface area contributed by atoms with Crippen molar-refractivity contribution in [3.05, 3.63) is 39.8 Å². The van der Waals surface area contributed by atoms with Crippen LogP contribution in [-0.2, 0) is 19.4 Å². The van der Waals surface area contributed by atoms with Gasteiger partial charge in [-0.2, -0.15) is 0 Å². The van der Waals surface area contributed by atoms with Crippen LogP contribution >= 0.6 is 11.3 Å². The zero-order valence-corrected chi connectivity index (χ0v) is 10.5. The maximum Gasteiger partial charge on any atom is 0.131 e. The fraction of sp³-hybridized carbons (Fsp3) is 0.333. The lowest BCUT2D eigenvalue weighted by atomic mass is 10.1. The minimum absolute atomic E-state index is 0.469. The van der Waals surface area contributed by atoms with Crippen LogP contribution in [0.5, 0.6) is 5.75 Å². The summed E-state index contributed by atoms with van der Waals surface area (Å²) in [5, 5.41) is 10.0. The molecule has 0 radical (unpaired) electrons. The number of methoxy groups -OCH3 is 1. The molecule has 0 bridgehead atoms. The number of nitrogens with zero attached hydrogens (tertiary/aromatic N) is 2. The molecule has 0 atom stereocenters. The van der Waals surface area contributed by atoms with Crippen LogP contribution < -0.4 is 10.5 Å². The summed E-state index contributed by atoms with van der Waals surface area (Å²) < 4.78 is 5.19. The molecule has 0 unspecified atom stereocenters. The van der Waals surface area contributed by atoms with E-state index in [1.807, 2.05) is 18.2 Å². The summed E-state index contributed by atoms with van der Waals surface area (Å²) in [6.07, 6.45) is 1.83. The first-order valence-corrected chi connectivity index (χ1v) is 6.27. The van der Waals surface area contributed by atoms with Gasteiger partial charge in [0.1, 0.15) is 15.8 Å². The number of hydrogen-bond acceptors (Lipinski definition) is 5. The second kappa shape index (κ2) is 5.75. The molecule has 2 aromatic rings. The van der Waals surface area contributed by atoms with Crippen molar-refractivity contribution in [2.45, 2.75) is 19.4 Å². The highest BCUT2D eigenvalue weighted by Gasteiger charge is 2.03. The highest BCUT2D eigenvalue weighted by Crippen LogP contribution is 2.16. The quantitative estimate of drug-likeness (QED) is 0.877. The van der Waals surface area contributed by atoms with E-state index in [1.165, 1.54) is 5.56 Å². The Bertz CT molecular complexity index is 484. The van der Waals surface area contributed by atoms with Crippen LogP contribution in [0.3, 0.4) is 0 Å². The first-order valence-electron chi connectivity index (χ1n) is 5.46. The number of rotatable bonds is 5. The largest absolute Gasteiger partial charge is 0.497 e. The van der Waals surface area contributed by atoms with E-state index in [0.29, 0.717) is 6.54 Å². The molecule has 1 aromatic heterocycles. The number of hydrogen-bond donors (Lipinski definition) is 1. The smallest absolute Gasteiger partial charge is 0.131 e. The monoisotopic (exact) mass is 249 g/mol. The third-order valence-electron chi connectivity index (χ3n) is 2.45. The van der Waals surface area contributed by atoms with Crippen LogP contribution in [0.1, 0.15) is 15.6 Å². The van der Waals surface area contributed by atoms with E-state index in [0.717, 1.165) is 28.6 Å². The van der Waals surface area contributed by atoms with Gasteiger partial charge in [-0.15, -0.1) is 21.5 Å². The Labute approximate surface area is 104 Å². The van der Waals surface area contributed by atoms with E-state index in [4.69, 9.17) is 10.5 Å². The highest BCUT2D eigenvalue weighted by atomic mass is 32.1. The van der Waals surface area contributed by atoms with Gasteiger partial charge in [0, 0.05) is 13.0 Å². The van der Waals surface area contributed by atoms with Gasteiger partial charge in [-0.05, 0) is 24.1 Å². The average Bonchev–Trinajstić information content (AvgIpc) is 2.84. The van der Waals surface area contributed by atoms with Crippen molar-refractivity contribution in [2.75, 3.05) is 7.11 Å². The van der Waals surface area contributed by atoms with E-state index in [1.54, 1.807) is 18.4 Å². The van der Waals surface area contributed by atoms with Crippen molar-refractivity contribution in [2.24, 2.45) is 5.73 Å². The van der Waals surface area contributed by atoms with Crippen molar-refractivity contribution in [1.29, 1.82) is 0 Å². The van der Waals surface area contributed by atoms with Crippen LogP contribution in [-0.4, -0.2) is 17.3 Å². The Kier molecular flexibility index (Phi) is 4.06. The van der Waals surface area contributed by atoms with Crippen molar-refractivity contribution in [3.63, 3.8) is 0 Å². The molecule has 0 aliphatic carbocycles. The van der Waals surface area contributed by atoms with E-state index < -0.39 is 0 Å². The standard InChI is InChI=1S/C12H15N3OS/c1-16-10-4-2-3-9(7-10)5-6-11-14-15-12(8-13)17-11/h2-4,7H,5-6,8,13H2,1H3. The molecule has 90 valence electrons. The highest BCUT2D eigenvalue weighted by molar-refractivity contribution is 7.11. The Morgan fingerprint density at radius 1 is 1.24 bits per heavy atom. The minimum Gasteiger partial charge on any atom is -0.497 e. The number of aromatic nitrogens is 2. The third kappa shape index (κ3) is 3.25. The van der Waals surface area contributed by atoms with Crippen LogP contribution in [0.15, 0.2) is 24.3 Å². The molecule has 0 saturated carbocycles. The van der Waals surface area contributed by atoms with Gasteiger partial charge in [0.2, 0.25) is 0 Å². The molecule has 5 heteroatoms. The Morgan fingerprint density at radius 2 is 2.06 bits per heavy atom. The molecular formula is C12H15N3OS. The zero-order valence-electron chi connectivity index (χ0n) is 9.72. The topological polar surface area (TPSA) is 61.0 Å². The Hall–Kier alpha value is -1.46. The second-order valence-electron chi connectivity index (χ2n) is 3.65. The van der Waals surface area contributed by atoms with Gasteiger partial charge in [0.15, 0.2) is 0 Å². The van der Waals surface area contributed by atoms with E-state index in [2.05, 4.69) is 16.3 Å². The minimum atomic E-state index is 0.469. The van der Waals surface area contributed by atoms with Gasteiger partial charge < -0.3 is 10.5 Å². The lowest BCUT2D eigenvalue weighted by Gasteiger charge is -2.02. The van der Waals surface area contributed by atoms with Gasteiger partial charge in [-0.3, -0.25) is 0 Å². The molecule has 4 nitrogen and oxygen atoms in total.